The Morgan fingerprint density at radius 3 is 2.45 bits per heavy atom. The van der Waals surface area contributed by atoms with Gasteiger partial charge in [0, 0.05) is 19.6 Å². The van der Waals surface area contributed by atoms with Gasteiger partial charge in [0.1, 0.15) is 0 Å². The highest BCUT2D eigenvalue weighted by molar-refractivity contribution is 7.92. The summed E-state index contributed by atoms with van der Waals surface area (Å²) < 4.78 is 27.3. The van der Waals surface area contributed by atoms with E-state index in [1.807, 2.05) is 43.3 Å². The molecule has 3 rings (SSSR count). The van der Waals surface area contributed by atoms with Gasteiger partial charge in [-0.2, -0.15) is 0 Å². The smallest absolute Gasteiger partial charge is 0.264 e. The fraction of sp³-hybridized carbons (Fsp3) is 0.250. The fourth-order valence-electron chi connectivity index (χ4n) is 2.51. The molecule has 6 heteroatoms. The SMILES string of the molecule is Cc1ccc(S(=O)(=O)N2CCNCc3ccccc32)cc1.Cl. The van der Waals surface area contributed by atoms with Crippen molar-refractivity contribution in [3.63, 3.8) is 0 Å². The Bertz CT molecular complexity index is 745. The number of nitrogens with zero attached hydrogens (tertiary/aromatic N) is 1. The number of benzene rings is 2. The predicted molar refractivity (Wildman–Crippen MR) is 91.1 cm³/mol. The number of para-hydroxylation sites is 1. The number of rotatable bonds is 2. The van der Waals surface area contributed by atoms with Gasteiger partial charge < -0.3 is 5.32 Å². The Morgan fingerprint density at radius 1 is 1.05 bits per heavy atom. The average Bonchev–Trinajstić information content (AvgIpc) is 2.70. The van der Waals surface area contributed by atoms with Gasteiger partial charge in [0.15, 0.2) is 0 Å². The molecule has 0 spiro atoms. The van der Waals surface area contributed by atoms with Crippen LogP contribution in [0.4, 0.5) is 5.69 Å². The van der Waals surface area contributed by atoms with E-state index in [1.54, 1.807) is 12.1 Å². The molecule has 0 saturated heterocycles. The second-order valence-corrected chi connectivity index (χ2v) is 7.06. The van der Waals surface area contributed by atoms with Crippen LogP contribution in [0.3, 0.4) is 0 Å². The van der Waals surface area contributed by atoms with Crippen molar-refractivity contribution >= 4 is 28.1 Å². The van der Waals surface area contributed by atoms with E-state index in [0.717, 1.165) is 16.8 Å². The first-order valence-corrected chi connectivity index (χ1v) is 8.41. The van der Waals surface area contributed by atoms with E-state index in [1.165, 1.54) is 4.31 Å². The summed E-state index contributed by atoms with van der Waals surface area (Å²) in [5.74, 6) is 0. The highest BCUT2D eigenvalue weighted by Gasteiger charge is 2.27. The maximum Gasteiger partial charge on any atom is 0.264 e. The summed E-state index contributed by atoms with van der Waals surface area (Å²) in [7, 11) is -3.52. The largest absolute Gasteiger partial charge is 0.311 e. The Balaban J connectivity index is 0.00000176. The van der Waals surface area contributed by atoms with Crippen LogP contribution in [-0.2, 0) is 16.6 Å². The Hall–Kier alpha value is -1.56. The first-order chi connectivity index (χ1) is 10.1. The third-order valence-corrected chi connectivity index (χ3v) is 5.50. The van der Waals surface area contributed by atoms with E-state index in [9.17, 15) is 8.42 Å². The van der Waals surface area contributed by atoms with Crippen LogP contribution in [0.5, 0.6) is 0 Å². The van der Waals surface area contributed by atoms with Crippen molar-refractivity contribution in [1.29, 1.82) is 0 Å². The van der Waals surface area contributed by atoms with Gasteiger partial charge in [0.2, 0.25) is 0 Å². The maximum atomic E-state index is 12.9. The molecule has 0 unspecified atom stereocenters. The van der Waals surface area contributed by atoms with Crippen molar-refractivity contribution in [2.45, 2.75) is 18.4 Å². The Labute approximate surface area is 137 Å². The molecule has 0 atom stereocenters. The van der Waals surface area contributed by atoms with Gasteiger partial charge in [0.05, 0.1) is 10.6 Å². The maximum absolute atomic E-state index is 12.9. The standard InChI is InChI=1S/C16H18N2O2S.ClH/c1-13-6-8-15(9-7-13)21(19,20)18-11-10-17-12-14-4-2-3-5-16(14)18;/h2-9,17H,10-12H2,1H3;1H. The molecular weight excluding hydrogens is 320 g/mol. The topological polar surface area (TPSA) is 49.4 Å². The van der Waals surface area contributed by atoms with Crippen molar-refractivity contribution in [3.05, 3.63) is 59.7 Å². The molecular formula is C16H19ClN2O2S. The molecule has 0 fully saturated rings. The van der Waals surface area contributed by atoms with E-state index in [4.69, 9.17) is 0 Å². The predicted octanol–water partition coefficient (Wildman–Crippen LogP) is 2.72. The van der Waals surface area contributed by atoms with E-state index in [-0.39, 0.29) is 12.4 Å². The molecule has 0 radical (unpaired) electrons. The number of hydrogen-bond donors (Lipinski definition) is 1. The van der Waals surface area contributed by atoms with Crippen LogP contribution in [0, 0.1) is 6.92 Å². The van der Waals surface area contributed by atoms with Crippen molar-refractivity contribution in [3.8, 4) is 0 Å². The molecule has 1 aliphatic heterocycles. The summed E-state index contributed by atoms with van der Waals surface area (Å²) in [4.78, 5) is 0.338. The van der Waals surface area contributed by atoms with Crippen molar-refractivity contribution < 1.29 is 8.42 Å². The number of anilines is 1. The first kappa shape index (κ1) is 16.8. The number of aryl methyl sites for hydroxylation is 1. The number of hydrogen-bond acceptors (Lipinski definition) is 3. The summed E-state index contributed by atoms with van der Waals surface area (Å²) in [5, 5.41) is 3.26. The van der Waals surface area contributed by atoms with Gasteiger partial charge in [-0.3, -0.25) is 4.31 Å². The molecule has 4 nitrogen and oxygen atoms in total. The molecule has 1 N–H and O–H groups in total. The van der Waals surface area contributed by atoms with Gasteiger partial charge in [-0.05, 0) is 30.7 Å². The number of sulfonamides is 1. The van der Waals surface area contributed by atoms with Crippen LogP contribution >= 0.6 is 12.4 Å². The van der Waals surface area contributed by atoms with E-state index < -0.39 is 10.0 Å². The summed E-state index contributed by atoms with van der Waals surface area (Å²) in [5.41, 5.74) is 2.82. The average molecular weight is 339 g/mol. The van der Waals surface area contributed by atoms with Gasteiger partial charge >= 0.3 is 0 Å². The lowest BCUT2D eigenvalue weighted by molar-refractivity contribution is 0.589. The van der Waals surface area contributed by atoms with Crippen LogP contribution < -0.4 is 9.62 Å². The fourth-order valence-corrected chi connectivity index (χ4v) is 4.02. The zero-order valence-electron chi connectivity index (χ0n) is 12.3. The van der Waals surface area contributed by atoms with Crippen molar-refractivity contribution in [1.82, 2.24) is 5.32 Å². The summed E-state index contributed by atoms with van der Waals surface area (Å²) in [6.45, 7) is 3.71. The molecule has 1 aliphatic rings. The summed E-state index contributed by atoms with van der Waals surface area (Å²) in [6, 6.07) is 14.6. The minimum Gasteiger partial charge on any atom is -0.311 e. The molecule has 118 valence electrons. The van der Waals surface area contributed by atoms with Crippen LogP contribution in [0.15, 0.2) is 53.4 Å². The number of fused-ring (bicyclic) bond motifs is 1. The Kier molecular flexibility index (Phi) is 5.11. The van der Waals surface area contributed by atoms with Gasteiger partial charge in [-0.1, -0.05) is 35.9 Å². The minimum atomic E-state index is -3.52. The van der Waals surface area contributed by atoms with Crippen LogP contribution in [0.25, 0.3) is 0 Å². The van der Waals surface area contributed by atoms with Gasteiger partial charge in [-0.25, -0.2) is 8.42 Å². The summed E-state index contributed by atoms with van der Waals surface area (Å²) in [6.07, 6.45) is 0. The molecule has 0 aliphatic carbocycles. The molecule has 2 aromatic carbocycles. The van der Waals surface area contributed by atoms with Crippen LogP contribution in [0.1, 0.15) is 11.1 Å². The van der Waals surface area contributed by atoms with E-state index >= 15 is 0 Å². The molecule has 0 aromatic heterocycles. The van der Waals surface area contributed by atoms with Crippen molar-refractivity contribution in [2.75, 3.05) is 17.4 Å². The lowest BCUT2D eigenvalue weighted by atomic mass is 10.2. The monoisotopic (exact) mass is 338 g/mol. The second kappa shape index (κ2) is 6.69. The quantitative estimate of drug-likeness (QED) is 0.916. The van der Waals surface area contributed by atoms with E-state index in [2.05, 4.69) is 5.32 Å². The van der Waals surface area contributed by atoms with Gasteiger partial charge in [-0.15, -0.1) is 12.4 Å². The highest BCUT2D eigenvalue weighted by Crippen LogP contribution is 2.28. The molecule has 0 bridgehead atoms. The lowest BCUT2D eigenvalue weighted by Crippen LogP contribution is -2.34. The summed E-state index contributed by atoms with van der Waals surface area (Å²) >= 11 is 0. The Morgan fingerprint density at radius 2 is 1.73 bits per heavy atom. The van der Waals surface area contributed by atoms with E-state index in [0.29, 0.717) is 24.5 Å². The first-order valence-electron chi connectivity index (χ1n) is 6.97. The zero-order valence-corrected chi connectivity index (χ0v) is 14.0. The minimum absolute atomic E-state index is 0. The zero-order chi connectivity index (χ0) is 14.9. The molecule has 0 amide bonds. The molecule has 1 heterocycles. The van der Waals surface area contributed by atoms with Crippen LogP contribution in [-0.4, -0.2) is 21.5 Å². The van der Waals surface area contributed by atoms with Crippen LogP contribution in [0.2, 0.25) is 0 Å². The molecule has 0 saturated carbocycles. The second-order valence-electron chi connectivity index (χ2n) is 5.20. The highest BCUT2D eigenvalue weighted by atomic mass is 35.5. The molecule has 2 aromatic rings. The molecule has 22 heavy (non-hydrogen) atoms. The normalized spacial score (nSPS) is 14.7. The van der Waals surface area contributed by atoms with Crippen molar-refractivity contribution in [2.24, 2.45) is 0 Å². The number of halogens is 1. The third-order valence-electron chi connectivity index (χ3n) is 3.68. The third kappa shape index (κ3) is 3.11. The number of nitrogens with one attached hydrogen (secondary N) is 1. The lowest BCUT2D eigenvalue weighted by Gasteiger charge is -2.24. The van der Waals surface area contributed by atoms with Gasteiger partial charge in [0.25, 0.3) is 10.0 Å².